The first kappa shape index (κ1) is 13.7. The summed E-state index contributed by atoms with van der Waals surface area (Å²) in [4.78, 5) is 0. The second-order valence-electron chi connectivity index (χ2n) is 5.32. The molecule has 3 rings (SSSR count). The highest BCUT2D eigenvalue weighted by molar-refractivity contribution is 5.89. The highest BCUT2D eigenvalue weighted by atomic mass is 15.3. The Morgan fingerprint density at radius 1 is 1.10 bits per heavy atom. The molecule has 2 heterocycles. The molecule has 0 aliphatic carbocycles. The van der Waals surface area contributed by atoms with Crippen molar-refractivity contribution in [2.24, 2.45) is 0 Å². The van der Waals surface area contributed by atoms with E-state index >= 15 is 0 Å². The van der Waals surface area contributed by atoms with E-state index in [4.69, 9.17) is 5.73 Å². The average molecular weight is 283 g/mol. The van der Waals surface area contributed by atoms with Crippen LogP contribution in [-0.4, -0.2) is 19.6 Å². The van der Waals surface area contributed by atoms with Crippen LogP contribution in [0.2, 0.25) is 0 Å². The van der Waals surface area contributed by atoms with Crippen LogP contribution in [0, 0.1) is 0 Å². The molecule has 5 heteroatoms. The second kappa shape index (κ2) is 5.60. The molecule has 0 amide bonds. The molecular weight excluding hydrogens is 262 g/mol. The van der Waals surface area contributed by atoms with Crippen LogP contribution in [0.25, 0.3) is 10.9 Å². The minimum Gasteiger partial charge on any atom is -0.382 e. The molecule has 3 aromatic rings. The van der Waals surface area contributed by atoms with Gasteiger partial charge < -0.3 is 5.73 Å². The summed E-state index contributed by atoms with van der Waals surface area (Å²) in [7, 11) is 0. The maximum atomic E-state index is 5.97. The van der Waals surface area contributed by atoms with Gasteiger partial charge in [-0.15, -0.1) is 0 Å². The highest BCUT2D eigenvalue weighted by Crippen LogP contribution is 2.21. The molecule has 0 radical (unpaired) electrons. The Morgan fingerprint density at radius 2 is 1.86 bits per heavy atom. The third kappa shape index (κ3) is 2.51. The van der Waals surface area contributed by atoms with Crippen molar-refractivity contribution in [1.29, 1.82) is 0 Å². The van der Waals surface area contributed by atoms with Crippen LogP contribution < -0.4 is 5.73 Å². The summed E-state index contributed by atoms with van der Waals surface area (Å²) in [6.45, 7) is 5.03. The molecule has 110 valence electrons. The van der Waals surface area contributed by atoms with Gasteiger partial charge >= 0.3 is 0 Å². The van der Waals surface area contributed by atoms with Crippen LogP contribution in [0.5, 0.6) is 0 Å². The van der Waals surface area contributed by atoms with Gasteiger partial charge in [0.1, 0.15) is 0 Å². The van der Waals surface area contributed by atoms with E-state index < -0.39 is 0 Å². The molecule has 0 bridgehead atoms. The summed E-state index contributed by atoms with van der Waals surface area (Å²) in [5, 5.41) is 10.1. The maximum absolute atomic E-state index is 5.97. The minimum atomic E-state index is 0.471. The normalized spacial score (nSPS) is 11.6. The molecule has 1 aromatic carbocycles. The van der Waals surface area contributed by atoms with Crippen molar-refractivity contribution in [2.45, 2.75) is 39.3 Å². The van der Waals surface area contributed by atoms with E-state index in [1.807, 2.05) is 28.9 Å². The SMILES string of the molecule is CCC(CC)n1ccc(Cn2nc(N)c3ccccc32)n1. The lowest BCUT2D eigenvalue weighted by Crippen LogP contribution is -2.09. The van der Waals surface area contributed by atoms with Crippen LogP contribution in [0.3, 0.4) is 0 Å². The number of benzene rings is 1. The summed E-state index contributed by atoms with van der Waals surface area (Å²) in [5.74, 6) is 0.574. The lowest BCUT2D eigenvalue weighted by Gasteiger charge is -2.12. The van der Waals surface area contributed by atoms with Crippen molar-refractivity contribution in [3.63, 3.8) is 0 Å². The predicted molar refractivity (Wildman–Crippen MR) is 85.1 cm³/mol. The zero-order valence-corrected chi connectivity index (χ0v) is 12.5. The molecule has 21 heavy (non-hydrogen) atoms. The van der Waals surface area contributed by atoms with Crippen LogP contribution in [0.1, 0.15) is 38.4 Å². The third-order valence-corrected chi connectivity index (χ3v) is 3.98. The Hall–Kier alpha value is -2.30. The molecular formula is C16H21N5. The lowest BCUT2D eigenvalue weighted by atomic mass is 10.2. The van der Waals surface area contributed by atoms with Crippen LogP contribution >= 0.6 is 0 Å². The molecule has 0 atom stereocenters. The first-order valence-electron chi connectivity index (χ1n) is 7.48. The lowest BCUT2D eigenvalue weighted by molar-refractivity contribution is 0.424. The molecule has 0 spiro atoms. The standard InChI is InChI=1S/C16H21N5/c1-3-13(4-2)20-10-9-12(18-20)11-21-15-8-6-5-7-14(15)16(17)19-21/h5-10,13H,3-4,11H2,1-2H3,(H2,17,19). The van der Waals surface area contributed by atoms with Crippen molar-refractivity contribution in [3.8, 4) is 0 Å². The number of hydrogen-bond acceptors (Lipinski definition) is 3. The number of nitrogens with two attached hydrogens (primary N) is 1. The summed E-state index contributed by atoms with van der Waals surface area (Å²) in [5.41, 5.74) is 8.03. The number of nitrogens with zero attached hydrogens (tertiary/aromatic N) is 4. The van der Waals surface area contributed by atoms with Crippen molar-refractivity contribution < 1.29 is 0 Å². The van der Waals surface area contributed by atoms with E-state index in [0.29, 0.717) is 18.4 Å². The Kier molecular flexibility index (Phi) is 3.64. The number of aromatic nitrogens is 4. The predicted octanol–water partition coefficient (Wildman–Crippen LogP) is 3.22. The molecule has 2 aromatic heterocycles. The first-order chi connectivity index (χ1) is 10.2. The molecule has 0 saturated heterocycles. The monoisotopic (exact) mass is 283 g/mol. The zero-order chi connectivity index (χ0) is 14.8. The van der Waals surface area contributed by atoms with Gasteiger partial charge in [-0.2, -0.15) is 10.2 Å². The van der Waals surface area contributed by atoms with E-state index in [1.165, 1.54) is 0 Å². The smallest absolute Gasteiger partial charge is 0.153 e. The number of hydrogen-bond donors (Lipinski definition) is 1. The van der Waals surface area contributed by atoms with Crippen LogP contribution in [0.15, 0.2) is 36.5 Å². The van der Waals surface area contributed by atoms with Gasteiger partial charge in [0.05, 0.1) is 23.8 Å². The Bertz CT molecular complexity index is 736. The fourth-order valence-corrected chi connectivity index (χ4v) is 2.75. The topological polar surface area (TPSA) is 61.7 Å². The third-order valence-electron chi connectivity index (χ3n) is 3.98. The van der Waals surface area contributed by atoms with Gasteiger partial charge in [0.25, 0.3) is 0 Å². The molecule has 0 fully saturated rings. The highest BCUT2D eigenvalue weighted by Gasteiger charge is 2.11. The number of fused-ring (bicyclic) bond motifs is 1. The van der Waals surface area contributed by atoms with Gasteiger partial charge in [0.2, 0.25) is 0 Å². The van der Waals surface area contributed by atoms with Gasteiger partial charge in [-0.25, -0.2) is 0 Å². The van der Waals surface area contributed by atoms with Crippen molar-refractivity contribution in [3.05, 3.63) is 42.2 Å². The molecule has 0 unspecified atom stereocenters. The minimum absolute atomic E-state index is 0.471. The van der Waals surface area contributed by atoms with E-state index in [-0.39, 0.29) is 0 Å². The molecule has 0 aliphatic heterocycles. The van der Waals surface area contributed by atoms with Gasteiger partial charge in [-0.1, -0.05) is 26.0 Å². The van der Waals surface area contributed by atoms with Crippen LogP contribution in [-0.2, 0) is 6.54 Å². The Balaban J connectivity index is 1.89. The number of rotatable bonds is 5. The Labute approximate surface area is 124 Å². The van der Waals surface area contributed by atoms with Gasteiger partial charge in [-0.3, -0.25) is 9.36 Å². The summed E-state index contributed by atoms with van der Waals surface area (Å²) in [6.07, 6.45) is 4.24. The van der Waals surface area contributed by atoms with Gasteiger partial charge in [-0.05, 0) is 31.0 Å². The largest absolute Gasteiger partial charge is 0.382 e. The maximum Gasteiger partial charge on any atom is 0.153 e. The van der Waals surface area contributed by atoms with E-state index in [0.717, 1.165) is 29.4 Å². The van der Waals surface area contributed by atoms with E-state index in [9.17, 15) is 0 Å². The summed E-state index contributed by atoms with van der Waals surface area (Å²) < 4.78 is 3.98. The fraction of sp³-hybridized carbons (Fsp3) is 0.375. The fourth-order valence-electron chi connectivity index (χ4n) is 2.75. The number of para-hydroxylation sites is 1. The Morgan fingerprint density at radius 3 is 2.62 bits per heavy atom. The zero-order valence-electron chi connectivity index (χ0n) is 12.5. The summed E-state index contributed by atoms with van der Waals surface area (Å²) in [6, 6.07) is 10.5. The first-order valence-corrected chi connectivity index (χ1v) is 7.48. The molecule has 2 N–H and O–H groups in total. The van der Waals surface area contributed by atoms with Crippen molar-refractivity contribution in [2.75, 3.05) is 5.73 Å². The summed E-state index contributed by atoms with van der Waals surface area (Å²) >= 11 is 0. The number of anilines is 1. The van der Waals surface area contributed by atoms with Crippen molar-refractivity contribution in [1.82, 2.24) is 19.6 Å². The average Bonchev–Trinajstić information content (AvgIpc) is 3.08. The molecule has 5 nitrogen and oxygen atoms in total. The second-order valence-corrected chi connectivity index (χ2v) is 5.32. The quantitative estimate of drug-likeness (QED) is 0.782. The number of nitrogen functional groups attached to an aromatic ring is 1. The van der Waals surface area contributed by atoms with Crippen LogP contribution in [0.4, 0.5) is 5.82 Å². The molecule has 0 aliphatic rings. The van der Waals surface area contributed by atoms with Crippen molar-refractivity contribution >= 4 is 16.7 Å². The van der Waals surface area contributed by atoms with E-state index in [1.54, 1.807) is 0 Å². The van der Waals surface area contributed by atoms with Gasteiger partial charge in [0.15, 0.2) is 5.82 Å². The van der Waals surface area contributed by atoms with Gasteiger partial charge in [0, 0.05) is 11.6 Å². The molecule has 0 saturated carbocycles. The van der Waals surface area contributed by atoms with E-state index in [2.05, 4.69) is 41.0 Å².